The summed E-state index contributed by atoms with van der Waals surface area (Å²) in [5, 5.41) is 3.82. The summed E-state index contributed by atoms with van der Waals surface area (Å²) in [6.45, 7) is 1.59. The van der Waals surface area contributed by atoms with Crippen LogP contribution in [0.4, 0.5) is 0 Å². The number of fused-ring (bicyclic) bond motifs is 3. The highest BCUT2D eigenvalue weighted by Gasteiger charge is 2.20. The fourth-order valence-corrected chi connectivity index (χ4v) is 6.64. The predicted molar refractivity (Wildman–Crippen MR) is 126 cm³/mol. The number of rotatable bonds is 8. The van der Waals surface area contributed by atoms with Gasteiger partial charge in [-0.2, -0.15) is 0 Å². The first kappa shape index (κ1) is 21.8. The highest BCUT2D eigenvalue weighted by atomic mass is 32.2. The van der Waals surface area contributed by atoms with Crippen molar-refractivity contribution >= 4 is 39.2 Å². The van der Waals surface area contributed by atoms with Crippen LogP contribution in [0.15, 0.2) is 4.79 Å². The molecule has 2 N–H and O–H groups in total. The minimum Gasteiger partial charge on any atom is -0.354 e. The lowest BCUT2D eigenvalue weighted by molar-refractivity contribution is -0.118. The second-order valence-corrected chi connectivity index (χ2v) is 10.6. The largest absolute Gasteiger partial charge is 0.354 e. The van der Waals surface area contributed by atoms with Crippen molar-refractivity contribution in [1.82, 2.24) is 20.2 Å². The molecule has 0 saturated heterocycles. The number of nitrogens with one attached hydrogen (secondary N) is 2. The van der Waals surface area contributed by atoms with Crippen molar-refractivity contribution in [2.45, 2.75) is 69.6 Å². The molecule has 0 bridgehead atoms. The summed E-state index contributed by atoms with van der Waals surface area (Å²) in [4.78, 5) is 36.9. The van der Waals surface area contributed by atoms with E-state index in [0.717, 1.165) is 36.0 Å². The summed E-state index contributed by atoms with van der Waals surface area (Å²) in [5.41, 5.74) is 1.19. The van der Waals surface area contributed by atoms with Crippen molar-refractivity contribution in [3.05, 3.63) is 26.6 Å². The number of nitrogens with zero attached hydrogens (tertiary/aromatic N) is 2. The van der Waals surface area contributed by atoms with Gasteiger partial charge in [0.15, 0.2) is 0 Å². The molecule has 1 amide bonds. The molecule has 0 aromatic carbocycles. The maximum absolute atomic E-state index is 12.6. The second-order valence-electron chi connectivity index (χ2n) is 8.52. The van der Waals surface area contributed by atoms with E-state index in [1.807, 2.05) is 0 Å². The molecule has 6 nitrogen and oxygen atoms in total. The van der Waals surface area contributed by atoms with Crippen LogP contribution in [0.2, 0.25) is 0 Å². The molecule has 0 spiro atoms. The fourth-order valence-electron chi connectivity index (χ4n) is 4.64. The Labute approximate surface area is 186 Å². The molecule has 164 valence electrons. The predicted octanol–water partition coefficient (Wildman–Crippen LogP) is 3.48. The first-order chi connectivity index (χ1) is 14.6. The quantitative estimate of drug-likeness (QED) is 0.646. The van der Waals surface area contributed by atoms with Crippen molar-refractivity contribution in [3.63, 3.8) is 0 Å². The lowest BCUT2D eigenvalue weighted by atomic mass is 9.94. The van der Waals surface area contributed by atoms with Crippen LogP contribution < -0.4 is 10.9 Å². The third-order valence-corrected chi connectivity index (χ3v) is 8.46. The Bertz CT molecular complexity index is 933. The van der Waals surface area contributed by atoms with E-state index in [1.165, 1.54) is 60.7 Å². The van der Waals surface area contributed by atoms with E-state index in [1.54, 1.807) is 11.3 Å². The minimum atomic E-state index is -0.0230. The lowest BCUT2D eigenvalue weighted by Gasteiger charge is -2.31. The van der Waals surface area contributed by atoms with Crippen LogP contribution in [-0.2, 0) is 23.4 Å². The first-order valence-electron chi connectivity index (χ1n) is 11.2. The maximum atomic E-state index is 12.6. The fraction of sp³-hybridized carbons (Fsp3) is 0.682. The molecule has 2 aliphatic rings. The highest BCUT2D eigenvalue weighted by Crippen LogP contribution is 2.33. The van der Waals surface area contributed by atoms with Gasteiger partial charge in [0.2, 0.25) is 5.91 Å². The van der Waals surface area contributed by atoms with Gasteiger partial charge in [-0.05, 0) is 51.1 Å². The van der Waals surface area contributed by atoms with Gasteiger partial charge in [-0.15, -0.1) is 23.1 Å². The summed E-state index contributed by atoms with van der Waals surface area (Å²) >= 11 is 3.17. The van der Waals surface area contributed by atoms with Gasteiger partial charge < -0.3 is 15.2 Å². The molecule has 0 atom stereocenters. The average Bonchev–Trinajstić information content (AvgIpc) is 3.13. The molecule has 0 aliphatic heterocycles. The summed E-state index contributed by atoms with van der Waals surface area (Å²) in [6, 6.07) is 0.672. The third-order valence-electron chi connectivity index (χ3n) is 6.33. The molecule has 2 aromatic heterocycles. The third kappa shape index (κ3) is 5.26. The lowest BCUT2D eigenvalue weighted by Crippen LogP contribution is -2.39. The van der Waals surface area contributed by atoms with Crippen LogP contribution in [-0.4, -0.2) is 52.7 Å². The number of carbonyl (C=O) groups is 1. The molecular formula is C22H32N4O2S2. The molecule has 2 aliphatic carbocycles. The van der Waals surface area contributed by atoms with Gasteiger partial charge in [-0.25, -0.2) is 4.98 Å². The van der Waals surface area contributed by atoms with E-state index >= 15 is 0 Å². The number of H-pyrrole nitrogens is 1. The van der Waals surface area contributed by atoms with Crippen LogP contribution in [0.5, 0.6) is 0 Å². The first-order valence-corrected chi connectivity index (χ1v) is 13.2. The second kappa shape index (κ2) is 10.3. The SMILES string of the molecule is CN(CCNC(=O)CSCc1nc2sc3c(c2c(=O)[nH]1)CCCC3)C1CCCCC1. The zero-order valence-electron chi connectivity index (χ0n) is 17.8. The van der Waals surface area contributed by atoms with Gasteiger partial charge in [0.25, 0.3) is 5.56 Å². The van der Waals surface area contributed by atoms with E-state index in [0.29, 0.717) is 29.9 Å². The summed E-state index contributed by atoms with van der Waals surface area (Å²) < 4.78 is 0. The summed E-state index contributed by atoms with van der Waals surface area (Å²) in [6.07, 6.45) is 11.0. The smallest absolute Gasteiger partial charge is 0.259 e. The number of thiophene rings is 1. The monoisotopic (exact) mass is 448 g/mol. The van der Waals surface area contributed by atoms with Crippen LogP contribution in [0.3, 0.4) is 0 Å². The van der Waals surface area contributed by atoms with Gasteiger partial charge in [0.1, 0.15) is 10.7 Å². The number of thioether (sulfide) groups is 1. The zero-order chi connectivity index (χ0) is 20.9. The van der Waals surface area contributed by atoms with Crippen molar-refractivity contribution in [3.8, 4) is 0 Å². The molecule has 4 rings (SSSR count). The normalized spacial score (nSPS) is 17.4. The van der Waals surface area contributed by atoms with Crippen molar-refractivity contribution in [2.24, 2.45) is 0 Å². The number of carbonyl (C=O) groups excluding carboxylic acids is 1. The van der Waals surface area contributed by atoms with Crippen LogP contribution in [0.1, 0.15) is 61.2 Å². The van der Waals surface area contributed by atoms with Crippen LogP contribution >= 0.6 is 23.1 Å². The molecule has 0 radical (unpaired) electrons. The topological polar surface area (TPSA) is 78.1 Å². The zero-order valence-corrected chi connectivity index (χ0v) is 19.4. The number of aromatic amines is 1. The highest BCUT2D eigenvalue weighted by molar-refractivity contribution is 7.99. The van der Waals surface area contributed by atoms with E-state index < -0.39 is 0 Å². The number of hydrogen-bond acceptors (Lipinski definition) is 6. The number of likely N-dealkylation sites (N-methyl/N-ethyl adjacent to an activating group) is 1. The van der Waals surface area contributed by atoms with E-state index in [4.69, 9.17) is 0 Å². The van der Waals surface area contributed by atoms with Crippen molar-refractivity contribution in [2.75, 3.05) is 25.9 Å². The number of aryl methyl sites for hydroxylation is 2. The van der Waals surface area contributed by atoms with Gasteiger partial charge >= 0.3 is 0 Å². The summed E-state index contributed by atoms with van der Waals surface area (Å²) in [7, 11) is 2.16. The van der Waals surface area contributed by atoms with E-state index in [-0.39, 0.29) is 11.5 Å². The number of amides is 1. The minimum absolute atomic E-state index is 0.0230. The van der Waals surface area contributed by atoms with Crippen molar-refractivity contribution in [1.29, 1.82) is 0 Å². The van der Waals surface area contributed by atoms with Gasteiger partial charge in [0, 0.05) is 24.0 Å². The Morgan fingerprint density at radius 3 is 2.87 bits per heavy atom. The Hall–Kier alpha value is -1.38. The molecule has 0 unspecified atom stereocenters. The van der Waals surface area contributed by atoms with Crippen LogP contribution in [0, 0.1) is 0 Å². The Morgan fingerprint density at radius 2 is 2.03 bits per heavy atom. The van der Waals surface area contributed by atoms with Crippen molar-refractivity contribution < 1.29 is 4.79 Å². The molecule has 8 heteroatoms. The van der Waals surface area contributed by atoms with Crippen LogP contribution in [0.25, 0.3) is 10.2 Å². The van der Waals surface area contributed by atoms with Gasteiger partial charge in [0.05, 0.1) is 16.9 Å². The molecule has 30 heavy (non-hydrogen) atoms. The standard InChI is InChI=1S/C22H32N4O2S2/c1-26(15-7-3-2-4-8-15)12-11-23-19(27)14-29-13-18-24-21(28)20-16-9-5-6-10-17(16)30-22(20)25-18/h15H,2-14H2,1H3,(H,23,27)(H,24,25,28). The maximum Gasteiger partial charge on any atom is 0.259 e. The molecule has 1 fully saturated rings. The number of aromatic nitrogens is 2. The molecule has 2 aromatic rings. The molecule has 1 saturated carbocycles. The molecular weight excluding hydrogens is 416 g/mol. The average molecular weight is 449 g/mol. The number of hydrogen-bond donors (Lipinski definition) is 2. The van der Waals surface area contributed by atoms with E-state index in [2.05, 4.69) is 27.2 Å². The Morgan fingerprint density at radius 1 is 1.23 bits per heavy atom. The van der Waals surface area contributed by atoms with Gasteiger partial charge in [-0.3, -0.25) is 9.59 Å². The van der Waals surface area contributed by atoms with Gasteiger partial charge in [-0.1, -0.05) is 19.3 Å². The van der Waals surface area contributed by atoms with E-state index in [9.17, 15) is 9.59 Å². The Kier molecular flexibility index (Phi) is 7.49. The molecule has 2 heterocycles. The summed E-state index contributed by atoms with van der Waals surface area (Å²) in [5.74, 6) is 1.65. The Balaban J connectivity index is 1.22.